The summed E-state index contributed by atoms with van der Waals surface area (Å²) in [7, 11) is 1.27. The first kappa shape index (κ1) is 8.58. The molecule has 1 heterocycles. The SMILES string of the molecule is COC(=O)C=CN1CCOC1=O. The summed E-state index contributed by atoms with van der Waals surface area (Å²) in [5.74, 6) is -0.491. The van der Waals surface area contributed by atoms with Crippen LogP contribution in [0.5, 0.6) is 0 Å². The van der Waals surface area contributed by atoms with E-state index in [0.29, 0.717) is 13.2 Å². The molecule has 0 radical (unpaired) electrons. The van der Waals surface area contributed by atoms with Gasteiger partial charge in [0, 0.05) is 12.3 Å². The second-order valence-corrected chi connectivity index (χ2v) is 2.15. The Morgan fingerprint density at radius 1 is 1.75 bits per heavy atom. The van der Waals surface area contributed by atoms with Crippen LogP contribution < -0.4 is 0 Å². The second kappa shape index (κ2) is 3.75. The van der Waals surface area contributed by atoms with E-state index < -0.39 is 12.1 Å². The van der Waals surface area contributed by atoms with Gasteiger partial charge < -0.3 is 9.47 Å². The molecule has 5 nitrogen and oxygen atoms in total. The van der Waals surface area contributed by atoms with E-state index in [9.17, 15) is 9.59 Å². The number of nitrogens with zero attached hydrogens (tertiary/aromatic N) is 1. The Kier molecular flexibility index (Phi) is 2.68. The Morgan fingerprint density at radius 3 is 3.00 bits per heavy atom. The summed E-state index contributed by atoms with van der Waals surface area (Å²) in [4.78, 5) is 22.7. The average molecular weight is 171 g/mol. The third kappa shape index (κ3) is 1.98. The molecule has 1 rings (SSSR count). The largest absolute Gasteiger partial charge is 0.466 e. The summed E-state index contributed by atoms with van der Waals surface area (Å²) in [6.07, 6.45) is 2.09. The van der Waals surface area contributed by atoms with Crippen molar-refractivity contribution < 1.29 is 19.1 Å². The van der Waals surface area contributed by atoms with Gasteiger partial charge in [0.1, 0.15) is 6.61 Å². The number of amides is 1. The number of rotatable bonds is 2. The second-order valence-electron chi connectivity index (χ2n) is 2.15. The van der Waals surface area contributed by atoms with Crippen LogP contribution in [0.1, 0.15) is 0 Å². The highest BCUT2D eigenvalue weighted by molar-refractivity contribution is 5.82. The quantitative estimate of drug-likeness (QED) is 0.437. The van der Waals surface area contributed by atoms with E-state index in [1.165, 1.54) is 24.3 Å². The Hall–Kier alpha value is -1.52. The monoisotopic (exact) mass is 171 g/mol. The Bertz CT molecular complexity index is 223. The fourth-order valence-electron chi connectivity index (χ4n) is 0.760. The predicted octanol–water partition coefficient (Wildman–Crippen LogP) is 0.125. The molecule has 1 aliphatic rings. The third-order valence-electron chi connectivity index (χ3n) is 1.38. The fourth-order valence-corrected chi connectivity index (χ4v) is 0.760. The number of ether oxygens (including phenoxy) is 2. The number of carbonyl (C=O) groups excluding carboxylic acids is 2. The van der Waals surface area contributed by atoms with Gasteiger partial charge >= 0.3 is 12.1 Å². The first-order chi connectivity index (χ1) is 5.74. The number of esters is 1. The first-order valence-electron chi connectivity index (χ1n) is 3.43. The zero-order valence-electron chi connectivity index (χ0n) is 6.65. The van der Waals surface area contributed by atoms with Crippen LogP contribution in [0.4, 0.5) is 4.79 Å². The van der Waals surface area contributed by atoms with Gasteiger partial charge in [-0.2, -0.15) is 0 Å². The highest BCUT2D eigenvalue weighted by atomic mass is 16.6. The molecule has 12 heavy (non-hydrogen) atoms. The molecule has 0 unspecified atom stereocenters. The van der Waals surface area contributed by atoms with Gasteiger partial charge in [0.15, 0.2) is 0 Å². The van der Waals surface area contributed by atoms with Gasteiger partial charge in [-0.1, -0.05) is 0 Å². The van der Waals surface area contributed by atoms with E-state index in [-0.39, 0.29) is 0 Å². The van der Waals surface area contributed by atoms with Gasteiger partial charge in [-0.05, 0) is 0 Å². The van der Waals surface area contributed by atoms with Crippen molar-refractivity contribution in [2.24, 2.45) is 0 Å². The molecule has 0 N–H and O–H groups in total. The first-order valence-corrected chi connectivity index (χ1v) is 3.43. The van der Waals surface area contributed by atoms with Gasteiger partial charge in [0.25, 0.3) is 0 Å². The molecule has 0 aromatic carbocycles. The molecule has 5 heteroatoms. The topological polar surface area (TPSA) is 55.8 Å². The minimum absolute atomic E-state index is 0.365. The van der Waals surface area contributed by atoms with Crippen LogP contribution in [-0.2, 0) is 14.3 Å². The molecule has 0 aromatic rings. The van der Waals surface area contributed by atoms with Gasteiger partial charge in [0.05, 0.1) is 13.7 Å². The van der Waals surface area contributed by atoms with Crippen LogP contribution in [0.2, 0.25) is 0 Å². The summed E-state index contributed by atoms with van der Waals surface area (Å²) in [6.45, 7) is 0.844. The van der Waals surface area contributed by atoms with E-state index in [4.69, 9.17) is 0 Å². The third-order valence-corrected chi connectivity index (χ3v) is 1.38. The molecule has 1 fully saturated rings. The minimum atomic E-state index is -0.491. The lowest BCUT2D eigenvalue weighted by Crippen LogP contribution is -2.17. The molecule has 1 amide bonds. The number of hydrogen-bond acceptors (Lipinski definition) is 4. The lowest BCUT2D eigenvalue weighted by atomic mass is 10.5. The van der Waals surface area contributed by atoms with Crippen LogP contribution in [0, 0.1) is 0 Å². The number of methoxy groups -OCH3 is 1. The van der Waals surface area contributed by atoms with Crippen LogP contribution in [-0.4, -0.2) is 37.2 Å². The Morgan fingerprint density at radius 2 is 2.50 bits per heavy atom. The van der Waals surface area contributed by atoms with Crippen LogP contribution in [0.25, 0.3) is 0 Å². The zero-order valence-corrected chi connectivity index (χ0v) is 6.65. The Balaban J connectivity index is 2.44. The van der Waals surface area contributed by atoms with Crippen molar-refractivity contribution in [2.75, 3.05) is 20.3 Å². The van der Waals surface area contributed by atoms with E-state index in [0.717, 1.165) is 0 Å². The molecule has 0 saturated carbocycles. The van der Waals surface area contributed by atoms with E-state index in [2.05, 4.69) is 9.47 Å². The normalized spacial score (nSPS) is 16.8. The zero-order chi connectivity index (χ0) is 8.97. The standard InChI is InChI=1S/C7H9NO4/c1-11-6(9)2-3-8-4-5-12-7(8)10/h2-3H,4-5H2,1H3. The summed E-state index contributed by atoms with van der Waals surface area (Å²) < 4.78 is 8.96. The van der Waals surface area contributed by atoms with Crippen molar-refractivity contribution >= 4 is 12.1 Å². The lowest BCUT2D eigenvalue weighted by Gasteiger charge is -2.03. The van der Waals surface area contributed by atoms with Crippen molar-refractivity contribution in [3.63, 3.8) is 0 Å². The number of carbonyl (C=O) groups is 2. The van der Waals surface area contributed by atoms with Gasteiger partial charge in [-0.3, -0.25) is 4.90 Å². The number of hydrogen-bond donors (Lipinski definition) is 0. The fraction of sp³-hybridized carbons (Fsp3) is 0.429. The lowest BCUT2D eigenvalue weighted by molar-refractivity contribution is -0.134. The van der Waals surface area contributed by atoms with Gasteiger partial charge in [0.2, 0.25) is 0 Å². The summed E-state index contributed by atoms with van der Waals surface area (Å²) >= 11 is 0. The maximum atomic E-state index is 10.8. The number of cyclic esters (lactones) is 1. The van der Waals surface area contributed by atoms with Gasteiger partial charge in [-0.25, -0.2) is 9.59 Å². The molecule has 0 atom stereocenters. The van der Waals surface area contributed by atoms with Crippen LogP contribution in [0.3, 0.4) is 0 Å². The van der Waals surface area contributed by atoms with Crippen molar-refractivity contribution in [3.05, 3.63) is 12.3 Å². The average Bonchev–Trinajstić information content (AvgIpc) is 2.47. The van der Waals surface area contributed by atoms with Crippen molar-refractivity contribution in [3.8, 4) is 0 Å². The van der Waals surface area contributed by atoms with Crippen molar-refractivity contribution in [1.29, 1.82) is 0 Å². The smallest absolute Gasteiger partial charge is 0.413 e. The molecule has 0 bridgehead atoms. The molecule has 1 saturated heterocycles. The van der Waals surface area contributed by atoms with Crippen LogP contribution >= 0.6 is 0 Å². The van der Waals surface area contributed by atoms with Crippen molar-refractivity contribution in [1.82, 2.24) is 4.90 Å². The highest BCUT2D eigenvalue weighted by Gasteiger charge is 2.19. The summed E-state index contributed by atoms with van der Waals surface area (Å²) in [5.41, 5.74) is 0. The molecule has 1 aliphatic heterocycles. The molecule has 0 aliphatic carbocycles. The Labute approximate surface area is 69.5 Å². The summed E-state index contributed by atoms with van der Waals surface area (Å²) in [6, 6.07) is 0. The van der Waals surface area contributed by atoms with E-state index in [1.807, 2.05) is 0 Å². The van der Waals surface area contributed by atoms with Crippen molar-refractivity contribution in [2.45, 2.75) is 0 Å². The predicted molar refractivity (Wildman–Crippen MR) is 39.2 cm³/mol. The summed E-state index contributed by atoms with van der Waals surface area (Å²) in [5, 5.41) is 0. The van der Waals surface area contributed by atoms with E-state index >= 15 is 0 Å². The van der Waals surface area contributed by atoms with E-state index in [1.54, 1.807) is 0 Å². The minimum Gasteiger partial charge on any atom is -0.466 e. The molecule has 66 valence electrons. The van der Waals surface area contributed by atoms with Gasteiger partial charge in [-0.15, -0.1) is 0 Å². The molecular weight excluding hydrogens is 162 g/mol. The molecular formula is C7H9NO4. The maximum Gasteiger partial charge on any atom is 0.413 e. The van der Waals surface area contributed by atoms with Crippen LogP contribution in [0.15, 0.2) is 12.3 Å². The maximum absolute atomic E-state index is 10.8. The molecule has 0 aromatic heterocycles. The highest BCUT2D eigenvalue weighted by Crippen LogP contribution is 2.02. The molecule has 0 spiro atoms.